The topological polar surface area (TPSA) is 27.7 Å². The van der Waals surface area contributed by atoms with E-state index in [0.717, 1.165) is 12.1 Å². The molecule has 3 nitrogen and oxygen atoms in total. The lowest BCUT2D eigenvalue weighted by molar-refractivity contribution is -0.274. The van der Waals surface area contributed by atoms with Gasteiger partial charge >= 0.3 is 12.3 Å². The van der Waals surface area contributed by atoms with Gasteiger partial charge in [-0.15, -0.1) is 13.2 Å². The maximum atomic E-state index is 11.9. The molecule has 0 aromatic heterocycles. The highest BCUT2D eigenvalue weighted by Gasteiger charge is 2.30. The van der Waals surface area contributed by atoms with Crippen LogP contribution in [0, 0.1) is 0 Å². The van der Waals surface area contributed by atoms with Gasteiger partial charge < -0.3 is 13.1 Å². The first kappa shape index (κ1) is 13.9. The smallest absolute Gasteiger partial charge is 0.406 e. The van der Waals surface area contributed by atoms with Crippen LogP contribution in [0.2, 0.25) is 0 Å². The Morgan fingerprint density at radius 2 is 1.59 bits per heavy atom. The molecule has 0 heterocycles. The standard InChI is InChI=1S/C9H7F3O3S2/c10-9(11,12)13-7-3-1-6(2-4-7)5-8(14-16)15-17/h1-5,16-17H. The molecule has 0 aliphatic rings. The summed E-state index contributed by atoms with van der Waals surface area (Å²) in [7, 11) is 0. The number of rotatable bonds is 4. The van der Waals surface area contributed by atoms with E-state index in [2.05, 4.69) is 38.9 Å². The van der Waals surface area contributed by atoms with Gasteiger partial charge in [-0.3, -0.25) is 0 Å². The Kier molecular flexibility index (Phi) is 4.88. The molecule has 0 radical (unpaired) electrons. The Morgan fingerprint density at radius 3 is 2.00 bits per heavy atom. The molecule has 1 rings (SSSR count). The highest BCUT2D eigenvalue weighted by molar-refractivity contribution is 7.75. The van der Waals surface area contributed by atoms with Crippen molar-refractivity contribution in [3.05, 3.63) is 35.8 Å². The first-order valence-corrected chi connectivity index (χ1v) is 4.88. The fourth-order valence-corrected chi connectivity index (χ4v) is 1.21. The van der Waals surface area contributed by atoms with Crippen molar-refractivity contribution in [2.45, 2.75) is 6.36 Å². The van der Waals surface area contributed by atoms with Crippen LogP contribution in [0.25, 0.3) is 6.08 Å². The lowest BCUT2D eigenvalue weighted by Gasteiger charge is -2.08. The van der Waals surface area contributed by atoms with E-state index < -0.39 is 6.36 Å². The second-order valence-corrected chi connectivity index (χ2v) is 3.13. The van der Waals surface area contributed by atoms with Crippen molar-refractivity contribution < 1.29 is 26.3 Å². The Labute approximate surface area is 106 Å². The molecule has 0 saturated carbocycles. The summed E-state index contributed by atoms with van der Waals surface area (Å²) >= 11 is 6.97. The van der Waals surface area contributed by atoms with Crippen LogP contribution in [-0.4, -0.2) is 6.36 Å². The molecule has 8 heteroatoms. The first-order chi connectivity index (χ1) is 7.94. The average Bonchev–Trinajstić information content (AvgIpc) is 2.26. The number of alkyl halides is 3. The van der Waals surface area contributed by atoms with Gasteiger partial charge in [0, 0.05) is 31.9 Å². The van der Waals surface area contributed by atoms with Crippen molar-refractivity contribution in [1.29, 1.82) is 0 Å². The van der Waals surface area contributed by atoms with Crippen molar-refractivity contribution in [3.63, 3.8) is 0 Å². The number of halogens is 3. The summed E-state index contributed by atoms with van der Waals surface area (Å²) in [4.78, 5) is 0. The van der Waals surface area contributed by atoms with Crippen molar-refractivity contribution >= 4 is 31.9 Å². The second-order valence-electron chi connectivity index (χ2n) is 2.76. The van der Waals surface area contributed by atoms with Crippen LogP contribution in [0.1, 0.15) is 5.56 Å². The Morgan fingerprint density at radius 1 is 1.06 bits per heavy atom. The molecule has 0 unspecified atom stereocenters. The minimum atomic E-state index is -4.70. The van der Waals surface area contributed by atoms with Crippen LogP contribution in [0.5, 0.6) is 5.75 Å². The second kappa shape index (κ2) is 5.97. The Hall–Kier alpha value is -1.15. The van der Waals surface area contributed by atoms with Crippen LogP contribution in [-0.2, 0) is 8.37 Å². The summed E-state index contributed by atoms with van der Waals surface area (Å²) in [6.45, 7) is 0. The summed E-state index contributed by atoms with van der Waals surface area (Å²) in [6.07, 6.45) is -3.32. The fourth-order valence-electron chi connectivity index (χ4n) is 0.971. The highest BCUT2D eigenvalue weighted by Crippen LogP contribution is 2.23. The van der Waals surface area contributed by atoms with Gasteiger partial charge in [-0.05, 0) is 17.7 Å². The van der Waals surface area contributed by atoms with Crippen LogP contribution in [0.3, 0.4) is 0 Å². The highest BCUT2D eigenvalue weighted by atomic mass is 32.1. The van der Waals surface area contributed by atoms with E-state index in [1.54, 1.807) is 0 Å². The Bertz CT molecular complexity index is 383. The van der Waals surface area contributed by atoms with Gasteiger partial charge in [0.1, 0.15) is 5.75 Å². The van der Waals surface area contributed by atoms with Crippen molar-refractivity contribution in [2.24, 2.45) is 0 Å². The maximum absolute atomic E-state index is 11.9. The van der Waals surface area contributed by atoms with E-state index in [-0.39, 0.29) is 11.7 Å². The number of ether oxygens (including phenoxy) is 1. The summed E-state index contributed by atoms with van der Waals surface area (Å²) < 4.78 is 48.2. The fraction of sp³-hybridized carbons (Fsp3) is 0.111. The lowest BCUT2D eigenvalue weighted by atomic mass is 10.2. The minimum Gasteiger partial charge on any atom is -0.406 e. The third-order valence-electron chi connectivity index (χ3n) is 1.58. The molecule has 94 valence electrons. The molecule has 0 fully saturated rings. The van der Waals surface area contributed by atoms with E-state index in [4.69, 9.17) is 0 Å². The largest absolute Gasteiger partial charge is 0.573 e. The third-order valence-corrected chi connectivity index (χ3v) is 1.94. The molecule has 1 aromatic carbocycles. The first-order valence-electron chi connectivity index (χ1n) is 4.15. The van der Waals surface area contributed by atoms with Crippen molar-refractivity contribution in [1.82, 2.24) is 0 Å². The SMILES string of the molecule is FC(F)(F)Oc1ccc(C=C(OS)OS)cc1. The quantitative estimate of drug-likeness (QED) is 0.502. The predicted molar refractivity (Wildman–Crippen MR) is 61.2 cm³/mol. The molecule has 0 saturated heterocycles. The molecular weight excluding hydrogens is 277 g/mol. The third kappa shape index (κ3) is 5.14. The molecule has 0 spiro atoms. The van der Waals surface area contributed by atoms with Crippen molar-refractivity contribution in [2.75, 3.05) is 0 Å². The van der Waals surface area contributed by atoms with Crippen LogP contribution in [0.15, 0.2) is 30.2 Å². The Balaban J connectivity index is 2.78. The van der Waals surface area contributed by atoms with Crippen LogP contribution >= 0.6 is 25.8 Å². The van der Waals surface area contributed by atoms with Gasteiger partial charge in [0.25, 0.3) is 0 Å². The molecule has 0 bridgehead atoms. The van der Waals surface area contributed by atoms with Gasteiger partial charge in [0.05, 0.1) is 0 Å². The van der Waals surface area contributed by atoms with Crippen LogP contribution in [0.4, 0.5) is 13.2 Å². The molecule has 0 atom stereocenters. The number of hydrogen-bond donors (Lipinski definition) is 2. The normalized spacial score (nSPS) is 10.6. The molecule has 17 heavy (non-hydrogen) atoms. The zero-order valence-electron chi connectivity index (χ0n) is 8.14. The van der Waals surface area contributed by atoms with E-state index in [0.29, 0.717) is 5.56 Å². The zero-order valence-corrected chi connectivity index (χ0v) is 9.93. The molecule has 1 aromatic rings. The summed E-state index contributed by atoms with van der Waals surface area (Å²) in [6, 6.07) is 5.10. The van der Waals surface area contributed by atoms with Crippen LogP contribution < -0.4 is 4.74 Å². The van der Waals surface area contributed by atoms with Crippen molar-refractivity contribution in [3.8, 4) is 5.75 Å². The number of hydrogen-bond acceptors (Lipinski definition) is 5. The molecule has 0 N–H and O–H groups in total. The summed E-state index contributed by atoms with van der Waals surface area (Å²) in [5.74, 6) is -0.323. The van der Waals surface area contributed by atoms with Gasteiger partial charge in [-0.2, -0.15) is 0 Å². The van der Waals surface area contributed by atoms with E-state index in [1.165, 1.54) is 18.2 Å². The van der Waals surface area contributed by atoms with E-state index in [1.807, 2.05) is 0 Å². The minimum absolute atomic E-state index is 0.0128. The van der Waals surface area contributed by atoms with E-state index in [9.17, 15) is 13.2 Å². The maximum Gasteiger partial charge on any atom is 0.573 e. The number of thiol groups is 2. The van der Waals surface area contributed by atoms with Gasteiger partial charge in [0.2, 0.25) is 0 Å². The molecular formula is C9H7F3O3S2. The molecule has 0 aliphatic carbocycles. The summed E-state index contributed by atoms with van der Waals surface area (Å²) in [5.41, 5.74) is 0.539. The zero-order chi connectivity index (χ0) is 12.9. The van der Waals surface area contributed by atoms with Gasteiger partial charge in [0.15, 0.2) is 0 Å². The summed E-state index contributed by atoms with van der Waals surface area (Å²) in [5, 5.41) is 0. The number of benzene rings is 1. The average molecular weight is 284 g/mol. The van der Waals surface area contributed by atoms with Gasteiger partial charge in [-0.1, -0.05) is 12.1 Å². The monoisotopic (exact) mass is 284 g/mol. The lowest BCUT2D eigenvalue weighted by Crippen LogP contribution is -2.16. The predicted octanol–water partition coefficient (Wildman–Crippen LogP) is 3.61. The molecule has 0 amide bonds. The van der Waals surface area contributed by atoms with Gasteiger partial charge in [-0.25, -0.2) is 0 Å². The van der Waals surface area contributed by atoms with E-state index >= 15 is 0 Å². The molecule has 0 aliphatic heterocycles.